The van der Waals surface area contributed by atoms with E-state index in [1.165, 1.54) is 0 Å². The van der Waals surface area contributed by atoms with Crippen molar-refractivity contribution in [1.29, 1.82) is 0 Å². The summed E-state index contributed by atoms with van der Waals surface area (Å²) in [4.78, 5) is 25.4. The second-order valence-electron chi connectivity index (χ2n) is 9.49. The van der Waals surface area contributed by atoms with Crippen molar-refractivity contribution in [1.82, 2.24) is 24.7 Å². The molecule has 0 atom stereocenters. The third-order valence-electron chi connectivity index (χ3n) is 6.72. The van der Waals surface area contributed by atoms with Gasteiger partial charge in [0.05, 0.1) is 34.8 Å². The van der Waals surface area contributed by atoms with Gasteiger partial charge in [0.25, 0.3) is 0 Å². The number of nitrogens with one attached hydrogen (secondary N) is 1. The van der Waals surface area contributed by atoms with Gasteiger partial charge in [0.1, 0.15) is 11.6 Å². The van der Waals surface area contributed by atoms with Crippen LogP contribution in [-0.2, 0) is 17.3 Å². The third-order valence-corrected chi connectivity index (χ3v) is 6.72. The van der Waals surface area contributed by atoms with E-state index in [4.69, 9.17) is 4.98 Å². The van der Waals surface area contributed by atoms with Gasteiger partial charge in [-0.05, 0) is 48.4 Å². The minimum atomic E-state index is -0.738. The van der Waals surface area contributed by atoms with Crippen LogP contribution in [0.2, 0.25) is 0 Å². The van der Waals surface area contributed by atoms with Gasteiger partial charge in [-0.3, -0.25) is 19.4 Å². The minimum absolute atomic E-state index is 0.279. The van der Waals surface area contributed by atoms with Gasteiger partial charge in [-0.2, -0.15) is 5.10 Å². The van der Waals surface area contributed by atoms with Crippen LogP contribution < -0.4 is 5.32 Å². The van der Waals surface area contributed by atoms with Crippen LogP contribution >= 0.6 is 0 Å². The molecule has 1 saturated carbocycles. The Balaban J connectivity index is 1.41. The zero-order chi connectivity index (χ0) is 24.7. The Labute approximate surface area is 204 Å². The monoisotopic (exact) mass is 468 g/mol. The molecular formula is C27H28N6O2. The number of nitrogens with zero attached hydrogens (tertiary/aromatic N) is 5. The standard InChI is InChI=1S/C27H28N6O2/c1-16(2)23-14-28-15-24(31-23)32-25-21(13-30-33(25)4)22-8-5-18(12-29-22)20-7-6-19(11-17(20)3)27(9-10-27)26(34)35/h5-8,11-16H,9-10H2,1-4H3,(H,31,32)(H,34,35). The van der Waals surface area contributed by atoms with Gasteiger partial charge in [0.2, 0.25) is 0 Å². The van der Waals surface area contributed by atoms with E-state index >= 15 is 0 Å². The highest BCUT2D eigenvalue weighted by molar-refractivity contribution is 5.85. The molecule has 3 aromatic heterocycles. The summed E-state index contributed by atoms with van der Waals surface area (Å²) in [5, 5.41) is 17.4. The summed E-state index contributed by atoms with van der Waals surface area (Å²) in [6, 6.07) is 9.94. The summed E-state index contributed by atoms with van der Waals surface area (Å²) in [7, 11) is 1.87. The van der Waals surface area contributed by atoms with E-state index in [9.17, 15) is 9.90 Å². The Morgan fingerprint density at radius 2 is 1.89 bits per heavy atom. The molecule has 4 aromatic rings. The number of rotatable bonds is 7. The van der Waals surface area contributed by atoms with Gasteiger partial charge >= 0.3 is 5.97 Å². The SMILES string of the molecule is Cc1cc(C2(C(=O)O)CC2)ccc1-c1ccc(-c2cnn(C)c2Nc2cncc(C(C)C)n2)nc1. The predicted octanol–water partition coefficient (Wildman–Crippen LogP) is 5.23. The first kappa shape index (κ1) is 22.7. The molecule has 0 unspecified atom stereocenters. The van der Waals surface area contributed by atoms with E-state index in [1.54, 1.807) is 23.3 Å². The number of carboxylic acids is 1. The summed E-state index contributed by atoms with van der Waals surface area (Å²) in [5.74, 6) is 0.979. The molecule has 5 rings (SSSR count). The second-order valence-corrected chi connectivity index (χ2v) is 9.49. The van der Waals surface area contributed by atoms with Gasteiger partial charge < -0.3 is 10.4 Å². The molecule has 0 radical (unpaired) electrons. The fourth-order valence-electron chi connectivity index (χ4n) is 4.36. The van der Waals surface area contributed by atoms with Crippen molar-refractivity contribution in [2.24, 2.45) is 7.05 Å². The first-order chi connectivity index (χ1) is 16.8. The molecule has 0 spiro atoms. The van der Waals surface area contributed by atoms with Crippen molar-refractivity contribution in [2.75, 3.05) is 5.32 Å². The van der Waals surface area contributed by atoms with E-state index in [1.807, 2.05) is 50.5 Å². The number of aromatic nitrogens is 5. The Bertz CT molecular complexity index is 1400. The second kappa shape index (κ2) is 8.61. The Morgan fingerprint density at radius 1 is 1.09 bits per heavy atom. The molecule has 2 N–H and O–H groups in total. The average Bonchev–Trinajstić information content (AvgIpc) is 3.59. The molecule has 0 bridgehead atoms. The number of hydrogen-bond acceptors (Lipinski definition) is 6. The molecule has 1 aliphatic rings. The molecule has 1 aromatic carbocycles. The zero-order valence-corrected chi connectivity index (χ0v) is 20.3. The smallest absolute Gasteiger partial charge is 0.314 e. The maximum absolute atomic E-state index is 11.7. The lowest BCUT2D eigenvalue weighted by Gasteiger charge is -2.14. The molecular weight excluding hydrogens is 440 g/mol. The first-order valence-corrected chi connectivity index (χ1v) is 11.7. The van der Waals surface area contributed by atoms with Crippen molar-refractivity contribution < 1.29 is 9.90 Å². The molecule has 35 heavy (non-hydrogen) atoms. The number of anilines is 2. The maximum Gasteiger partial charge on any atom is 0.314 e. The lowest BCUT2D eigenvalue weighted by atomic mass is 9.91. The normalized spacial score (nSPS) is 14.2. The van der Waals surface area contributed by atoms with Crippen LogP contribution in [0.3, 0.4) is 0 Å². The number of hydrogen-bond donors (Lipinski definition) is 2. The summed E-state index contributed by atoms with van der Waals surface area (Å²) in [5.41, 5.74) is 5.80. The van der Waals surface area contributed by atoms with Crippen LogP contribution in [-0.4, -0.2) is 35.8 Å². The predicted molar refractivity (Wildman–Crippen MR) is 135 cm³/mol. The highest BCUT2D eigenvalue weighted by atomic mass is 16.4. The Hall–Kier alpha value is -4.07. The fraction of sp³-hybridized carbons (Fsp3) is 0.296. The summed E-state index contributed by atoms with van der Waals surface area (Å²) in [6.07, 6.45) is 8.50. The first-order valence-electron chi connectivity index (χ1n) is 11.7. The van der Waals surface area contributed by atoms with Crippen molar-refractivity contribution in [3.05, 3.63) is 71.9 Å². The van der Waals surface area contributed by atoms with E-state index < -0.39 is 11.4 Å². The maximum atomic E-state index is 11.7. The van der Waals surface area contributed by atoms with E-state index in [0.29, 0.717) is 18.7 Å². The van der Waals surface area contributed by atoms with Gasteiger partial charge in [0.15, 0.2) is 0 Å². The van der Waals surface area contributed by atoms with Crippen LogP contribution in [0, 0.1) is 6.92 Å². The molecule has 8 nitrogen and oxygen atoms in total. The van der Waals surface area contributed by atoms with Crippen molar-refractivity contribution in [3.63, 3.8) is 0 Å². The summed E-state index contributed by atoms with van der Waals surface area (Å²) in [6.45, 7) is 6.18. The van der Waals surface area contributed by atoms with Gasteiger partial charge in [-0.25, -0.2) is 4.98 Å². The quantitative estimate of drug-likeness (QED) is 0.382. The molecule has 0 amide bonds. The molecule has 1 aliphatic carbocycles. The Kier molecular flexibility index (Phi) is 5.59. The van der Waals surface area contributed by atoms with Gasteiger partial charge in [0, 0.05) is 25.0 Å². The number of pyridine rings is 1. The largest absolute Gasteiger partial charge is 0.481 e. The fourth-order valence-corrected chi connectivity index (χ4v) is 4.36. The van der Waals surface area contributed by atoms with Crippen LogP contribution in [0.5, 0.6) is 0 Å². The average molecular weight is 469 g/mol. The minimum Gasteiger partial charge on any atom is -0.481 e. The highest BCUT2D eigenvalue weighted by Gasteiger charge is 2.51. The number of aliphatic carboxylic acids is 1. The number of benzene rings is 1. The van der Waals surface area contributed by atoms with Crippen molar-refractivity contribution in [3.8, 4) is 22.4 Å². The highest BCUT2D eigenvalue weighted by Crippen LogP contribution is 2.49. The third kappa shape index (κ3) is 4.16. The van der Waals surface area contributed by atoms with E-state index in [0.717, 1.165) is 45.0 Å². The lowest BCUT2D eigenvalue weighted by molar-refractivity contribution is -0.140. The van der Waals surface area contributed by atoms with Crippen LogP contribution in [0.25, 0.3) is 22.4 Å². The molecule has 3 heterocycles. The molecule has 1 fully saturated rings. The van der Waals surface area contributed by atoms with Gasteiger partial charge in [-0.15, -0.1) is 0 Å². The molecule has 8 heteroatoms. The van der Waals surface area contributed by atoms with Gasteiger partial charge in [-0.1, -0.05) is 38.1 Å². The number of aryl methyl sites for hydroxylation is 2. The van der Waals surface area contributed by atoms with Crippen molar-refractivity contribution in [2.45, 2.75) is 44.9 Å². The number of carbonyl (C=O) groups is 1. The lowest BCUT2D eigenvalue weighted by Crippen LogP contribution is -2.19. The number of carboxylic acid groups (broad SMARTS) is 1. The van der Waals surface area contributed by atoms with Crippen molar-refractivity contribution >= 4 is 17.6 Å². The van der Waals surface area contributed by atoms with Crippen LogP contribution in [0.15, 0.2) is 55.1 Å². The molecule has 178 valence electrons. The summed E-state index contributed by atoms with van der Waals surface area (Å²) < 4.78 is 1.76. The molecule has 0 aliphatic heterocycles. The van der Waals surface area contributed by atoms with Crippen LogP contribution in [0.4, 0.5) is 11.6 Å². The molecule has 0 saturated heterocycles. The topological polar surface area (TPSA) is 106 Å². The van der Waals surface area contributed by atoms with E-state index in [2.05, 4.69) is 34.2 Å². The Morgan fingerprint density at radius 3 is 2.51 bits per heavy atom. The summed E-state index contributed by atoms with van der Waals surface area (Å²) >= 11 is 0. The zero-order valence-electron chi connectivity index (χ0n) is 20.3. The van der Waals surface area contributed by atoms with E-state index in [-0.39, 0.29) is 5.92 Å². The van der Waals surface area contributed by atoms with Crippen LogP contribution in [0.1, 0.15) is 49.4 Å².